The summed E-state index contributed by atoms with van der Waals surface area (Å²) in [5.41, 5.74) is 1.42. The molecule has 0 fully saturated rings. The van der Waals surface area contributed by atoms with Gasteiger partial charge in [-0.2, -0.15) is 0 Å². The van der Waals surface area contributed by atoms with Crippen molar-refractivity contribution in [3.63, 3.8) is 0 Å². The van der Waals surface area contributed by atoms with Gasteiger partial charge in [-0.15, -0.1) is 0 Å². The highest BCUT2D eigenvalue weighted by Crippen LogP contribution is 2.27. The number of non-ortho nitro benzene ring substituents is 1. The number of hydrogen-bond donors (Lipinski definition) is 3. The molecule has 1 amide bonds. The maximum atomic E-state index is 12.4. The zero-order valence-electron chi connectivity index (χ0n) is 16.3. The summed E-state index contributed by atoms with van der Waals surface area (Å²) in [6.07, 6.45) is 0.776. The zero-order chi connectivity index (χ0) is 22.2. The number of phenols is 1. The van der Waals surface area contributed by atoms with E-state index in [9.17, 15) is 20.0 Å². The molecule has 0 saturated heterocycles. The van der Waals surface area contributed by atoms with Gasteiger partial charge in [-0.1, -0.05) is 30.3 Å². The lowest BCUT2D eigenvalue weighted by Crippen LogP contribution is -2.34. The van der Waals surface area contributed by atoms with Gasteiger partial charge >= 0.3 is 0 Å². The Kier molecular flexibility index (Phi) is 7.13. The normalized spacial score (nSPS) is 10.2. The summed E-state index contributed by atoms with van der Waals surface area (Å²) in [5, 5.41) is 25.6. The SMILES string of the molecule is O=C(NC(=S)Nc1ccc([N+](=O)[O-])cc1O)c1ccc(OCCc2ccccc2)cc1. The molecule has 0 aromatic heterocycles. The van der Waals surface area contributed by atoms with Crippen molar-refractivity contribution in [2.75, 3.05) is 11.9 Å². The summed E-state index contributed by atoms with van der Waals surface area (Å²) in [5.74, 6) is -0.165. The Balaban J connectivity index is 1.50. The summed E-state index contributed by atoms with van der Waals surface area (Å²) in [6.45, 7) is 0.516. The van der Waals surface area contributed by atoms with E-state index < -0.39 is 10.8 Å². The molecule has 9 heteroatoms. The predicted octanol–water partition coefficient (Wildman–Crippen LogP) is 4.05. The number of benzene rings is 3. The Morgan fingerprint density at radius 3 is 2.42 bits per heavy atom. The number of thiocarbonyl (C=S) groups is 1. The molecule has 3 N–H and O–H groups in total. The van der Waals surface area contributed by atoms with Gasteiger partial charge in [0.15, 0.2) is 5.11 Å². The number of anilines is 1. The second kappa shape index (κ2) is 10.2. The Morgan fingerprint density at radius 2 is 1.77 bits per heavy atom. The first-order valence-electron chi connectivity index (χ1n) is 9.29. The van der Waals surface area contributed by atoms with Crippen molar-refractivity contribution >= 4 is 34.6 Å². The van der Waals surface area contributed by atoms with Crippen LogP contribution in [0.1, 0.15) is 15.9 Å². The van der Waals surface area contributed by atoms with Crippen LogP contribution in [0, 0.1) is 10.1 Å². The Morgan fingerprint density at radius 1 is 1.06 bits per heavy atom. The van der Waals surface area contributed by atoms with Crippen molar-refractivity contribution in [2.24, 2.45) is 0 Å². The smallest absolute Gasteiger partial charge is 0.273 e. The number of hydrogen-bond acceptors (Lipinski definition) is 6. The van der Waals surface area contributed by atoms with Gasteiger partial charge in [0, 0.05) is 18.1 Å². The largest absolute Gasteiger partial charge is 0.506 e. The van der Waals surface area contributed by atoms with Crippen molar-refractivity contribution in [3.05, 3.63) is 94.0 Å². The van der Waals surface area contributed by atoms with E-state index in [2.05, 4.69) is 10.6 Å². The number of carbonyl (C=O) groups is 1. The average Bonchev–Trinajstić information content (AvgIpc) is 2.76. The van der Waals surface area contributed by atoms with Gasteiger partial charge in [0.05, 0.1) is 23.3 Å². The van der Waals surface area contributed by atoms with Crippen molar-refractivity contribution in [1.82, 2.24) is 5.32 Å². The summed E-state index contributed by atoms with van der Waals surface area (Å²) < 4.78 is 5.70. The first kappa shape index (κ1) is 21.7. The van der Waals surface area contributed by atoms with Crippen LogP contribution in [-0.2, 0) is 6.42 Å². The van der Waals surface area contributed by atoms with E-state index >= 15 is 0 Å². The van der Waals surface area contributed by atoms with Crippen LogP contribution in [0.15, 0.2) is 72.8 Å². The molecule has 3 rings (SSSR count). The molecule has 0 heterocycles. The Bertz CT molecular complexity index is 1090. The number of aromatic hydroxyl groups is 1. The van der Waals surface area contributed by atoms with Gasteiger partial charge in [-0.05, 0) is 48.1 Å². The molecule has 0 aliphatic rings. The number of nitrogens with one attached hydrogen (secondary N) is 2. The maximum Gasteiger partial charge on any atom is 0.273 e. The van der Waals surface area contributed by atoms with Crippen molar-refractivity contribution in [2.45, 2.75) is 6.42 Å². The Hall–Kier alpha value is -3.98. The van der Waals surface area contributed by atoms with E-state index in [0.717, 1.165) is 12.5 Å². The van der Waals surface area contributed by atoms with Crippen molar-refractivity contribution in [3.8, 4) is 11.5 Å². The lowest BCUT2D eigenvalue weighted by molar-refractivity contribution is -0.384. The molecule has 0 bridgehead atoms. The molecule has 8 nitrogen and oxygen atoms in total. The fourth-order valence-electron chi connectivity index (χ4n) is 2.70. The number of phenolic OH excluding ortho intramolecular Hbond substituents is 1. The standard InChI is InChI=1S/C22H19N3O5S/c26-20-14-17(25(28)29)8-11-19(20)23-22(31)24-21(27)16-6-9-18(10-7-16)30-13-12-15-4-2-1-3-5-15/h1-11,14,26H,12-13H2,(H2,23,24,27,31). The number of nitro groups is 1. The van der Waals surface area contributed by atoms with E-state index in [0.29, 0.717) is 17.9 Å². The lowest BCUT2D eigenvalue weighted by Gasteiger charge is -2.11. The van der Waals surface area contributed by atoms with Gasteiger partial charge in [0.1, 0.15) is 11.5 Å². The minimum Gasteiger partial charge on any atom is -0.506 e. The molecular formula is C22H19N3O5S. The van der Waals surface area contributed by atoms with E-state index in [1.54, 1.807) is 24.3 Å². The van der Waals surface area contributed by atoms with Gasteiger partial charge in [-0.3, -0.25) is 20.2 Å². The van der Waals surface area contributed by atoms with E-state index in [1.165, 1.54) is 17.7 Å². The number of carbonyl (C=O) groups excluding carboxylic acids is 1. The molecule has 0 unspecified atom stereocenters. The van der Waals surface area contributed by atoms with Crippen LogP contribution in [0.2, 0.25) is 0 Å². The third kappa shape index (κ3) is 6.25. The molecule has 0 aliphatic heterocycles. The summed E-state index contributed by atoms with van der Waals surface area (Å²) in [6, 6.07) is 20.1. The van der Waals surface area contributed by atoms with Gasteiger partial charge in [-0.25, -0.2) is 0 Å². The van der Waals surface area contributed by atoms with Crippen LogP contribution in [0.5, 0.6) is 11.5 Å². The Labute approximate surface area is 183 Å². The molecular weight excluding hydrogens is 418 g/mol. The molecule has 0 radical (unpaired) electrons. The third-order valence-electron chi connectivity index (χ3n) is 4.29. The maximum absolute atomic E-state index is 12.4. The second-order valence-corrected chi connectivity index (χ2v) is 6.88. The first-order chi connectivity index (χ1) is 14.9. The predicted molar refractivity (Wildman–Crippen MR) is 121 cm³/mol. The average molecular weight is 437 g/mol. The fraction of sp³-hybridized carbons (Fsp3) is 0.0909. The van der Waals surface area contributed by atoms with E-state index in [1.807, 2.05) is 30.3 Å². The molecule has 3 aromatic rings. The van der Waals surface area contributed by atoms with Crippen molar-refractivity contribution < 1.29 is 19.6 Å². The van der Waals surface area contributed by atoms with Crippen LogP contribution in [0.4, 0.5) is 11.4 Å². The van der Waals surface area contributed by atoms with Gasteiger partial charge in [0.2, 0.25) is 0 Å². The molecule has 3 aromatic carbocycles. The van der Waals surface area contributed by atoms with Crippen LogP contribution in [-0.4, -0.2) is 27.7 Å². The topological polar surface area (TPSA) is 114 Å². The minimum atomic E-state index is -0.626. The van der Waals surface area contributed by atoms with E-state index in [-0.39, 0.29) is 22.2 Å². The highest BCUT2D eigenvalue weighted by atomic mass is 32.1. The minimum absolute atomic E-state index is 0.0580. The lowest BCUT2D eigenvalue weighted by atomic mass is 10.2. The highest BCUT2D eigenvalue weighted by Gasteiger charge is 2.13. The van der Waals surface area contributed by atoms with Crippen LogP contribution >= 0.6 is 12.2 Å². The molecule has 0 spiro atoms. The van der Waals surface area contributed by atoms with Crippen molar-refractivity contribution in [1.29, 1.82) is 0 Å². The number of nitro benzene ring substituents is 1. The molecule has 31 heavy (non-hydrogen) atoms. The summed E-state index contributed by atoms with van der Waals surface area (Å²) in [4.78, 5) is 22.4. The molecule has 0 aliphatic carbocycles. The third-order valence-corrected chi connectivity index (χ3v) is 4.49. The van der Waals surface area contributed by atoms with Crippen LogP contribution in [0.25, 0.3) is 0 Å². The van der Waals surface area contributed by atoms with Crippen LogP contribution in [0.3, 0.4) is 0 Å². The quantitative estimate of drug-likeness (QED) is 0.221. The second-order valence-electron chi connectivity index (χ2n) is 6.48. The molecule has 0 atom stereocenters. The van der Waals surface area contributed by atoms with Gasteiger partial charge < -0.3 is 15.2 Å². The van der Waals surface area contributed by atoms with Crippen LogP contribution < -0.4 is 15.4 Å². The first-order valence-corrected chi connectivity index (χ1v) is 9.70. The van der Waals surface area contributed by atoms with Gasteiger partial charge in [0.25, 0.3) is 11.6 Å². The fourth-order valence-corrected chi connectivity index (χ4v) is 2.90. The monoisotopic (exact) mass is 437 g/mol. The highest BCUT2D eigenvalue weighted by molar-refractivity contribution is 7.80. The summed E-state index contributed by atoms with van der Waals surface area (Å²) >= 11 is 5.07. The molecule has 0 saturated carbocycles. The number of nitrogens with zero attached hydrogens (tertiary/aromatic N) is 1. The molecule has 158 valence electrons. The number of amides is 1. The number of ether oxygens (including phenoxy) is 1. The number of rotatable bonds is 7. The summed E-state index contributed by atoms with van der Waals surface area (Å²) in [7, 11) is 0. The zero-order valence-corrected chi connectivity index (χ0v) is 17.1. The van der Waals surface area contributed by atoms with E-state index in [4.69, 9.17) is 17.0 Å².